The average Bonchev–Trinajstić information content (AvgIpc) is 2.26. The zero-order valence-electron chi connectivity index (χ0n) is 9.16. The Morgan fingerprint density at radius 3 is 2.71 bits per heavy atom. The van der Waals surface area contributed by atoms with Crippen molar-refractivity contribution in [2.45, 2.75) is 13.3 Å². The summed E-state index contributed by atoms with van der Waals surface area (Å²) in [5.74, 6) is 0.983. The molecule has 0 saturated carbocycles. The van der Waals surface area contributed by atoms with Gasteiger partial charge in [0.05, 0.1) is 7.11 Å². The van der Waals surface area contributed by atoms with Crippen LogP contribution in [-0.2, 0) is 6.42 Å². The lowest BCUT2D eigenvalue weighted by Gasteiger charge is -2.14. The van der Waals surface area contributed by atoms with Crippen molar-refractivity contribution in [2.75, 3.05) is 20.7 Å². The Morgan fingerprint density at radius 1 is 1.36 bits per heavy atom. The summed E-state index contributed by atoms with van der Waals surface area (Å²) >= 11 is 0. The van der Waals surface area contributed by atoms with Gasteiger partial charge in [0.25, 0.3) is 0 Å². The first-order valence-electron chi connectivity index (χ1n) is 4.89. The maximum atomic E-state index is 5.28. The molecule has 14 heavy (non-hydrogen) atoms. The molecule has 1 rings (SSSR count). The zero-order chi connectivity index (χ0) is 10.4. The monoisotopic (exact) mass is 192 g/mol. The van der Waals surface area contributed by atoms with E-state index in [1.807, 2.05) is 25.1 Å². The lowest BCUT2D eigenvalue weighted by Crippen LogP contribution is -2.16. The largest absolute Gasteiger partial charge is 0.496 e. The molecule has 0 unspecified atom stereocenters. The van der Waals surface area contributed by atoms with Crippen molar-refractivity contribution in [1.29, 1.82) is 0 Å². The van der Waals surface area contributed by atoms with Crippen LogP contribution < -0.4 is 4.74 Å². The molecule has 0 aliphatic heterocycles. The predicted octanol–water partition coefficient (Wildman–Crippen LogP) is 2.35. The summed E-state index contributed by atoms with van der Waals surface area (Å²) in [6.07, 6.45) is 1.02. The lowest BCUT2D eigenvalue weighted by molar-refractivity contribution is 0.393. The first-order valence-corrected chi connectivity index (χ1v) is 4.89. The summed E-state index contributed by atoms with van der Waals surface area (Å²) in [5, 5.41) is 0. The maximum absolute atomic E-state index is 5.28. The highest BCUT2D eigenvalue weighted by molar-refractivity contribution is 5.33. The Morgan fingerprint density at radius 2 is 2.07 bits per heavy atom. The third-order valence-corrected chi connectivity index (χ3v) is 2.37. The molecule has 0 fully saturated rings. The smallest absolute Gasteiger partial charge is 0.122 e. The van der Waals surface area contributed by atoms with Crippen molar-refractivity contribution in [3.8, 4) is 5.75 Å². The molecule has 0 bridgehead atoms. The van der Waals surface area contributed by atoms with Gasteiger partial charge in [0, 0.05) is 13.1 Å². The quantitative estimate of drug-likeness (QED) is 0.710. The molecule has 2 heteroatoms. The molecule has 0 amide bonds. The minimum absolute atomic E-state index is 0.983. The number of ether oxygens (including phenoxy) is 1. The van der Waals surface area contributed by atoms with Gasteiger partial charge in [-0.1, -0.05) is 18.2 Å². The zero-order valence-corrected chi connectivity index (χ0v) is 9.16. The number of likely N-dealkylation sites (N-methyl/N-ethyl adjacent to an activating group) is 1. The molecule has 0 spiro atoms. The molecule has 0 aliphatic carbocycles. The second kappa shape index (κ2) is 5.66. The Balaban J connectivity index is 2.57. The molecule has 77 valence electrons. The number of benzene rings is 1. The van der Waals surface area contributed by atoms with Crippen molar-refractivity contribution in [3.05, 3.63) is 36.4 Å². The molecular weight excluding hydrogens is 174 g/mol. The van der Waals surface area contributed by atoms with Crippen LogP contribution in [0.3, 0.4) is 0 Å². The van der Waals surface area contributed by atoms with Crippen LogP contribution in [0.1, 0.15) is 12.5 Å². The van der Waals surface area contributed by atoms with E-state index in [0.29, 0.717) is 0 Å². The van der Waals surface area contributed by atoms with E-state index in [9.17, 15) is 0 Å². The van der Waals surface area contributed by atoms with Gasteiger partial charge in [-0.2, -0.15) is 0 Å². The maximum Gasteiger partial charge on any atom is 0.122 e. The van der Waals surface area contributed by atoms with Crippen LogP contribution in [0, 0.1) is 6.54 Å². The minimum Gasteiger partial charge on any atom is -0.496 e. The number of rotatable bonds is 5. The summed E-state index contributed by atoms with van der Waals surface area (Å²) in [6.45, 7) is 5.15. The second-order valence-electron chi connectivity index (χ2n) is 3.30. The fraction of sp³-hybridized carbons (Fsp3) is 0.417. The summed E-state index contributed by atoms with van der Waals surface area (Å²) in [7, 11) is 3.80. The first-order chi connectivity index (χ1) is 6.77. The van der Waals surface area contributed by atoms with Crippen LogP contribution in [0.15, 0.2) is 24.3 Å². The third-order valence-electron chi connectivity index (χ3n) is 2.37. The normalized spacial score (nSPS) is 10.6. The number of para-hydroxylation sites is 1. The van der Waals surface area contributed by atoms with Crippen LogP contribution in [0.5, 0.6) is 5.75 Å². The van der Waals surface area contributed by atoms with E-state index in [-0.39, 0.29) is 0 Å². The highest BCUT2D eigenvalue weighted by Crippen LogP contribution is 2.17. The molecule has 0 N–H and O–H groups in total. The molecule has 0 heterocycles. The second-order valence-corrected chi connectivity index (χ2v) is 3.30. The molecule has 1 aromatic rings. The Bertz CT molecular complexity index is 273. The van der Waals surface area contributed by atoms with Crippen LogP contribution >= 0.6 is 0 Å². The van der Waals surface area contributed by atoms with Gasteiger partial charge >= 0.3 is 0 Å². The van der Waals surface area contributed by atoms with E-state index in [1.165, 1.54) is 5.56 Å². The van der Waals surface area contributed by atoms with Gasteiger partial charge in [0.15, 0.2) is 0 Å². The summed E-state index contributed by atoms with van der Waals surface area (Å²) in [4.78, 5) is 2.17. The molecular formula is C12H18NO. The van der Waals surface area contributed by atoms with Gasteiger partial charge in [0.2, 0.25) is 0 Å². The van der Waals surface area contributed by atoms with Gasteiger partial charge < -0.3 is 9.64 Å². The van der Waals surface area contributed by atoms with E-state index in [0.717, 1.165) is 18.7 Å². The Kier molecular flexibility index (Phi) is 4.47. The van der Waals surface area contributed by atoms with Crippen molar-refractivity contribution in [1.82, 2.24) is 4.90 Å². The SMILES string of the molecule is C[CH]N(C)CCc1ccccc1OC. The number of hydrogen-bond donors (Lipinski definition) is 0. The highest BCUT2D eigenvalue weighted by atomic mass is 16.5. The van der Waals surface area contributed by atoms with Crippen LogP contribution in [-0.4, -0.2) is 25.6 Å². The molecule has 0 aromatic heterocycles. The van der Waals surface area contributed by atoms with Gasteiger partial charge in [-0.05, 0) is 32.0 Å². The van der Waals surface area contributed by atoms with E-state index < -0.39 is 0 Å². The number of nitrogens with zero attached hydrogens (tertiary/aromatic N) is 1. The van der Waals surface area contributed by atoms with Gasteiger partial charge in [-0.15, -0.1) is 0 Å². The predicted molar refractivity (Wildman–Crippen MR) is 59.3 cm³/mol. The number of hydrogen-bond acceptors (Lipinski definition) is 2. The molecule has 2 nitrogen and oxygen atoms in total. The van der Waals surface area contributed by atoms with Crippen molar-refractivity contribution in [3.63, 3.8) is 0 Å². The van der Waals surface area contributed by atoms with E-state index in [4.69, 9.17) is 4.74 Å². The van der Waals surface area contributed by atoms with Crippen LogP contribution in [0.25, 0.3) is 0 Å². The van der Waals surface area contributed by atoms with Gasteiger partial charge in [-0.3, -0.25) is 0 Å². The molecule has 0 aliphatic rings. The highest BCUT2D eigenvalue weighted by Gasteiger charge is 2.02. The standard InChI is InChI=1S/C12H18NO/c1-4-13(2)10-9-11-7-5-6-8-12(11)14-3/h4-8H,9-10H2,1-3H3. The van der Waals surface area contributed by atoms with E-state index in [1.54, 1.807) is 7.11 Å². The van der Waals surface area contributed by atoms with E-state index in [2.05, 4.69) is 24.6 Å². The summed E-state index contributed by atoms with van der Waals surface area (Å²) < 4.78 is 5.28. The van der Waals surface area contributed by atoms with E-state index >= 15 is 0 Å². The molecule has 0 saturated heterocycles. The van der Waals surface area contributed by atoms with Crippen molar-refractivity contribution in [2.24, 2.45) is 0 Å². The Labute approximate surface area is 86.5 Å². The number of methoxy groups -OCH3 is 1. The third kappa shape index (κ3) is 3.04. The fourth-order valence-electron chi connectivity index (χ4n) is 1.34. The van der Waals surface area contributed by atoms with Gasteiger partial charge in [-0.25, -0.2) is 0 Å². The molecule has 1 aromatic carbocycles. The van der Waals surface area contributed by atoms with Crippen LogP contribution in [0.4, 0.5) is 0 Å². The van der Waals surface area contributed by atoms with Crippen molar-refractivity contribution >= 4 is 0 Å². The minimum atomic E-state index is 0.983. The summed E-state index contributed by atoms with van der Waals surface area (Å²) in [5.41, 5.74) is 1.27. The average molecular weight is 192 g/mol. The van der Waals surface area contributed by atoms with Crippen molar-refractivity contribution < 1.29 is 4.74 Å². The van der Waals surface area contributed by atoms with Gasteiger partial charge in [0.1, 0.15) is 5.75 Å². The first kappa shape index (κ1) is 11.1. The summed E-state index contributed by atoms with van der Waals surface area (Å²) in [6, 6.07) is 8.17. The van der Waals surface area contributed by atoms with Crippen LogP contribution in [0.2, 0.25) is 0 Å². The topological polar surface area (TPSA) is 12.5 Å². The fourth-order valence-corrected chi connectivity index (χ4v) is 1.34. The Hall–Kier alpha value is -1.02. The lowest BCUT2D eigenvalue weighted by atomic mass is 10.1. The molecule has 0 atom stereocenters. The molecule has 1 radical (unpaired) electrons.